The van der Waals surface area contributed by atoms with Crippen LogP contribution < -0.4 is 5.32 Å². The first kappa shape index (κ1) is 14.2. The molecule has 0 spiro atoms. The van der Waals surface area contributed by atoms with Gasteiger partial charge in [0, 0.05) is 18.5 Å². The summed E-state index contributed by atoms with van der Waals surface area (Å²) in [4.78, 5) is 17.3. The molecule has 0 aliphatic carbocycles. The Balaban J connectivity index is 1.93. The molecule has 102 valence electrons. The zero-order valence-corrected chi connectivity index (χ0v) is 12.3. The van der Waals surface area contributed by atoms with Crippen LogP contribution in [0, 0.1) is 5.92 Å². The van der Waals surface area contributed by atoms with E-state index in [0.29, 0.717) is 18.7 Å². The summed E-state index contributed by atoms with van der Waals surface area (Å²) < 4.78 is 0. The summed E-state index contributed by atoms with van der Waals surface area (Å²) in [5.74, 6) is 0.119. The normalized spacial score (nSPS) is 12.3. The first-order chi connectivity index (χ1) is 9.20. The van der Waals surface area contributed by atoms with Crippen molar-refractivity contribution in [2.75, 3.05) is 13.2 Å². The number of thiophene rings is 1. The minimum Gasteiger partial charge on any atom is -0.396 e. The van der Waals surface area contributed by atoms with Crippen molar-refractivity contribution in [1.82, 2.24) is 10.3 Å². The Kier molecular flexibility index (Phi) is 5.07. The minimum atomic E-state index is -0.149. The molecule has 0 bridgehead atoms. The van der Waals surface area contributed by atoms with Gasteiger partial charge < -0.3 is 10.4 Å². The molecule has 0 saturated heterocycles. The molecule has 2 N–H and O–H groups in total. The van der Waals surface area contributed by atoms with Crippen LogP contribution in [-0.4, -0.2) is 29.1 Å². The highest BCUT2D eigenvalue weighted by Crippen LogP contribution is 2.27. The molecule has 1 atom stereocenters. The van der Waals surface area contributed by atoms with E-state index in [1.54, 1.807) is 16.7 Å². The topological polar surface area (TPSA) is 62.2 Å². The number of hydrogen-bond donors (Lipinski definition) is 2. The molecule has 0 radical (unpaired) electrons. The first-order valence-electron chi connectivity index (χ1n) is 6.09. The Morgan fingerprint density at radius 1 is 1.53 bits per heavy atom. The van der Waals surface area contributed by atoms with Crippen LogP contribution >= 0.6 is 22.7 Å². The molecule has 0 fully saturated rings. The molecule has 1 unspecified atom stereocenters. The van der Waals surface area contributed by atoms with E-state index in [9.17, 15) is 4.79 Å². The maximum absolute atomic E-state index is 11.9. The molecule has 1 amide bonds. The quantitative estimate of drug-likeness (QED) is 0.861. The van der Waals surface area contributed by atoms with Gasteiger partial charge in [0.25, 0.3) is 5.91 Å². The predicted molar refractivity (Wildman–Crippen MR) is 78.6 cm³/mol. The summed E-state index contributed by atoms with van der Waals surface area (Å²) in [6, 6.07) is 3.96. The zero-order valence-electron chi connectivity index (χ0n) is 10.6. The molecule has 2 aromatic rings. The second-order valence-electron chi connectivity index (χ2n) is 4.34. The lowest BCUT2D eigenvalue weighted by Gasteiger charge is -2.09. The van der Waals surface area contributed by atoms with E-state index in [4.69, 9.17) is 5.11 Å². The van der Waals surface area contributed by atoms with Crippen molar-refractivity contribution >= 4 is 28.6 Å². The smallest absolute Gasteiger partial charge is 0.270 e. The van der Waals surface area contributed by atoms with Crippen LogP contribution in [0.5, 0.6) is 0 Å². The number of nitrogens with one attached hydrogen (secondary N) is 1. The van der Waals surface area contributed by atoms with Crippen LogP contribution in [0.4, 0.5) is 0 Å². The van der Waals surface area contributed by atoms with Gasteiger partial charge in [-0.2, -0.15) is 0 Å². The van der Waals surface area contributed by atoms with E-state index >= 15 is 0 Å². The molecule has 4 nitrogen and oxygen atoms in total. The van der Waals surface area contributed by atoms with Gasteiger partial charge in [0.2, 0.25) is 0 Å². The number of rotatable bonds is 6. The standard InChI is InChI=1S/C13H16N2O2S2/c1-9(4-5-16)7-14-12(17)10-8-19-13(15-10)11-3-2-6-18-11/h2-3,6,8-9,16H,4-5,7H2,1H3,(H,14,17). The van der Waals surface area contributed by atoms with Crippen LogP contribution in [0.25, 0.3) is 9.88 Å². The molecule has 2 rings (SSSR count). The van der Waals surface area contributed by atoms with Crippen LogP contribution in [0.1, 0.15) is 23.8 Å². The van der Waals surface area contributed by atoms with Gasteiger partial charge >= 0.3 is 0 Å². The fraction of sp³-hybridized carbons (Fsp3) is 0.385. The maximum Gasteiger partial charge on any atom is 0.270 e. The molecule has 0 saturated carbocycles. The number of hydrogen-bond acceptors (Lipinski definition) is 5. The van der Waals surface area contributed by atoms with Crippen molar-refractivity contribution in [2.45, 2.75) is 13.3 Å². The molecular weight excluding hydrogens is 280 g/mol. The van der Waals surface area contributed by atoms with E-state index in [2.05, 4.69) is 10.3 Å². The number of thiazole rings is 1. The largest absolute Gasteiger partial charge is 0.396 e. The number of nitrogens with zero attached hydrogens (tertiary/aromatic N) is 1. The average Bonchev–Trinajstić information content (AvgIpc) is 3.06. The minimum absolute atomic E-state index is 0.149. The third-order valence-electron chi connectivity index (χ3n) is 2.70. The highest BCUT2D eigenvalue weighted by molar-refractivity contribution is 7.20. The Labute approximate surface area is 120 Å². The molecule has 0 aliphatic heterocycles. The van der Waals surface area contributed by atoms with Crippen LogP contribution in [0.2, 0.25) is 0 Å². The summed E-state index contributed by atoms with van der Waals surface area (Å²) in [6.45, 7) is 2.70. The van der Waals surface area contributed by atoms with Crippen molar-refractivity contribution in [3.8, 4) is 9.88 Å². The van der Waals surface area contributed by atoms with E-state index < -0.39 is 0 Å². The van der Waals surface area contributed by atoms with Gasteiger partial charge in [0.15, 0.2) is 0 Å². The fourth-order valence-electron chi connectivity index (χ4n) is 1.57. The lowest BCUT2D eigenvalue weighted by atomic mass is 10.1. The SMILES string of the molecule is CC(CCO)CNC(=O)c1csc(-c2cccs2)n1. The zero-order chi connectivity index (χ0) is 13.7. The van der Waals surface area contributed by atoms with Gasteiger partial charge in [-0.05, 0) is 23.8 Å². The molecule has 6 heteroatoms. The molecular formula is C13H16N2O2S2. The number of carbonyl (C=O) groups is 1. The number of aromatic nitrogens is 1. The maximum atomic E-state index is 11.9. The number of aliphatic hydroxyl groups is 1. The van der Waals surface area contributed by atoms with E-state index in [0.717, 1.165) is 9.88 Å². The summed E-state index contributed by atoms with van der Waals surface area (Å²) in [6.07, 6.45) is 0.692. The average molecular weight is 296 g/mol. The van der Waals surface area contributed by atoms with Gasteiger partial charge in [0.1, 0.15) is 10.7 Å². The van der Waals surface area contributed by atoms with E-state index in [1.807, 2.05) is 24.4 Å². The Morgan fingerprint density at radius 3 is 3.05 bits per heavy atom. The van der Waals surface area contributed by atoms with Crippen molar-refractivity contribution in [3.63, 3.8) is 0 Å². The van der Waals surface area contributed by atoms with Crippen molar-refractivity contribution in [1.29, 1.82) is 0 Å². The Hall–Kier alpha value is -1.24. The summed E-state index contributed by atoms with van der Waals surface area (Å²) in [7, 11) is 0. The van der Waals surface area contributed by atoms with Crippen LogP contribution in [0.15, 0.2) is 22.9 Å². The van der Waals surface area contributed by atoms with E-state index in [-0.39, 0.29) is 18.4 Å². The number of amides is 1. The van der Waals surface area contributed by atoms with Gasteiger partial charge in [-0.1, -0.05) is 13.0 Å². The Morgan fingerprint density at radius 2 is 2.37 bits per heavy atom. The molecule has 19 heavy (non-hydrogen) atoms. The van der Waals surface area contributed by atoms with Gasteiger partial charge in [-0.3, -0.25) is 4.79 Å². The molecule has 2 heterocycles. The van der Waals surface area contributed by atoms with Gasteiger partial charge in [-0.15, -0.1) is 22.7 Å². The fourth-order valence-corrected chi connectivity index (χ4v) is 3.19. The Bertz CT molecular complexity index is 522. The van der Waals surface area contributed by atoms with Gasteiger partial charge in [-0.25, -0.2) is 4.98 Å². The number of carbonyl (C=O) groups excluding carboxylic acids is 1. The summed E-state index contributed by atoms with van der Waals surface area (Å²) in [5.41, 5.74) is 0.463. The van der Waals surface area contributed by atoms with Crippen molar-refractivity contribution in [2.24, 2.45) is 5.92 Å². The first-order valence-corrected chi connectivity index (χ1v) is 7.85. The van der Waals surface area contributed by atoms with Crippen molar-refractivity contribution in [3.05, 3.63) is 28.6 Å². The molecule has 0 aromatic carbocycles. The number of aliphatic hydroxyl groups excluding tert-OH is 1. The lowest BCUT2D eigenvalue weighted by Crippen LogP contribution is -2.28. The lowest BCUT2D eigenvalue weighted by molar-refractivity contribution is 0.0941. The van der Waals surface area contributed by atoms with Crippen molar-refractivity contribution < 1.29 is 9.90 Å². The van der Waals surface area contributed by atoms with E-state index in [1.165, 1.54) is 11.3 Å². The monoisotopic (exact) mass is 296 g/mol. The molecule has 0 aliphatic rings. The van der Waals surface area contributed by atoms with Crippen LogP contribution in [0.3, 0.4) is 0 Å². The van der Waals surface area contributed by atoms with Crippen LogP contribution in [-0.2, 0) is 0 Å². The highest BCUT2D eigenvalue weighted by atomic mass is 32.1. The predicted octanol–water partition coefficient (Wildman–Crippen LogP) is 2.62. The second kappa shape index (κ2) is 6.79. The summed E-state index contributed by atoms with van der Waals surface area (Å²) >= 11 is 3.09. The molecule has 2 aromatic heterocycles. The third kappa shape index (κ3) is 3.86. The van der Waals surface area contributed by atoms with Gasteiger partial charge in [0.05, 0.1) is 4.88 Å². The summed E-state index contributed by atoms with van der Waals surface area (Å²) in [5, 5.41) is 16.3. The third-order valence-corrected chi connectivity index (χ3v) is 4.58. The highest BCUT2D eigenvalue weighted by Gasteiger charge is 2.13. The second-order valence-corrected chi connectivity index (χ2v) is 6.15.